The fraction of sp³-hybridized carbons (Fsp3) is 0.0769. The summed E-state index contributed by atoms with van der Waals surface area (Å²) in [7, 11) is 0. The number of benzene rings is 8. The summed E-state index contributed by atoms with van der Waals surface area (Å²) in [4.78, 5) is 7.55. The molecule has 0 saturated heterocycles. The van der Waals surface area contributed by atoms with Gasteiger partial charge in [-0.3, -0.25) is 0 Å². The van der Waals surface area contributed by atoms with Crippen molar-refractivity contribution >= 4 is 86.4 Å². The molecular formula is C52H39B2N3O. The molecule has 8 aromatic carbocycles. The predicted octanol–water partition coefficient (Wildman–Crippen LogP) is 10.0. The summed E-state index contributed by atoms with van der Waals surface area (Å²) >= 11 is 0. The van der Waals surface area contributed by atoms with Crippen molar-refractivity contribution in [1.82, 2.24) is 0 Å². The lowest BCUT2D eigenvalue weighted by atomic mass is 9.32. The smallest absolute Gasteiger partial charge is 0.333 e. The van der Waals surface area contributed by atoms with E-state index in [1.807, 2.05) is 0 Å². The third kappa shape index (κ3) is 4.72. The summed E-state index contributed by atoms with van der Waals surface area (Å²) < 4.78 is 7.08. The van der Waals surface area contributed by atoms with Crippen LogP contribution in [0.4, 0.5) is 45.5 Å². The molecule has 12 rings (SSSR count). The number of hydrogen-bond acceptors (Lipinski definition) is 4. The Morgan fingerprint density at radius 1 is 0.448 bits per heavy atom. The van der Waals surface area contributed by atoms with E-state index in [2.05, 4.69) is 206 Å². The highest BCUT2D eigenvalue weighted by molar-refractivity contribution is 7.01. The maximum absolute atomic E-state index is 7.08. The van der Waals surface area contributed by atoms with Gasteiger partial charge in [-0.25, -0.2) is 0 Å². The molecule has 0 saturated carbocycles. The Kier molecular flexibility index (Phi) is 7.05. The Balaban J connectivity index is 1.18. The Morgan fingerprint density at radius 2 is 1.09 bits per heavy atom. The molecule has 274 valence electrons. The molecule has 8 aromatic rings. The second-order valence-corrected chi connectivity index (χ2v) is 16.4. The third-order valence-corrected chi connectivity index (χ3v) is 12.7. The van der Waals surface area contributed by atoms with Crippen molar-refractivity contribution in [3.63, 3.8) is 0 Å². The average molecular weight is 744 g/mol. The molecule has 0 N–H and O–H groups in total. The van der Waals surface area contributed by atoms with Gasteiger partial charge in [0.25, 0.3) is 6.71 Å². The van der Waals surface area contributed by atoms with E-state index in [1.165, 1.54) is 77.8 Å². The first-order valence-electron chi connectivity index (χ1n) is 20.3. The zero-order valence-electron chi connectivity index (χ0n) is 33.0. The van der Waals surface area contributed by atoms with Gasteiger partial charge in [0.2, 0.25) is 0 Å². The van der Waals surface area contributed by atoms with Gasteiger partial charge in [0.1, 0.15) is 11.5 Å². The van der Waals surface area contributed by atoms with Crippen LogP contribution in [0.25, 0.3) is 11.1 Å². The summed E-state index contributed by atoms with van der Waals surface area (Å²) in [6.07, 6.45) is 0. The predicted molar refractivity (Wildman–Crippen MR) is 245 cm³/mol. The molecule has 4 aliphatic heterocycles. The second-order valence-electron chi connectivity index (χ2n) is 16.4. The highest BCUT2D eigenvalue weighted by Crippen LogP contribution is 2.51. The summed E-state index contributed by atoms with van der Waals surface area (Å²) in [5.74, 6) is 1.89. The van der Waals surface area contributed by atoms with Crippen LogP contribution in [0, 0.1) is 27.7 Å². The van der Waals surface area contributed by atoms with Crippen molar-refractivity contribution in [2.24, 2.45) is 0 Å². The van der Waals surface area contributed by atoms with Crippen LogP contribution in [0.3, 0.4) is 0 Å². The van der Waals surface area contributed by atoms with Crippen molar-refractivity contribution in [3.8, 4) is 22.6 Å². The van der Waals surface area contributed by atoms with Crippen LogP contribution in [-0.4, -0.2) is 13.6 Å². The molecule has 4 aliphatic rings. The van der Waals surface area contributed by atoms with E-state index < -0.39 is 0 Å². The van der Waals surface area contributed by atoms with Crippen molar-refractivity contribution in [3.05, 3.63) is 186 Å². The van der Waals surface area contributed by atoms with E-state index in [0.29, 0.717) is 0 Å². The summed E-state index contributed by atoms with van der Waals surface area (Å²) in [5.41, 5.74) is 23.1. The van der Waals surface area contributed by atoms with E-state index >= 15 is 0 Å². The molecule has 58 heavy (non-hydrogen) atoms. The van der Waals surface area contributed by atoms with Gasteiger partial charge in [-0.1, -0.05) is 102 Å². The minimum absolute atomic E-state index is 0.0453. The Labute approximate surface area is 340 Å². The zero-order chi connectivity index (χ0) is 38.8. The first-order valence-corrected chi connectivity index (χ1v) is 20.3. The van der Waals surface area contributed by atoms with Gasteiger partial charge in [0.15, 0.2) is 0 Å². The lowest BCUT2D eigenvalue weighted by Crippen LogP contribution is -2.68. The van der Waals surface area contributed by atoms with Crippen molar-refractivity contribution < 1.29 is 4.74 Å². The van der Waals surface area contributed by atoms with Gasteiger partial charge < -0.3 is 19.3 Å². The van der Waals surface area contributed by atoms with Gasteiger partial charge in [0, 0.05) is 51.1 Å². The average Bonchev–Trinajstić information content (AvgIpc) is 3.24. The number of hydrogen-bond donors (Lipinski definition) is 0. The minimum atomic E-state index is -0.0912. The largest absolute Gasteiger partial charge is 0.458 e. The molecule has 0 aromatic heterocycles. The Bertz CT molecular complexity index is 2950. The van der Waals surface area contributed by atoms with Crippen molar-refractivity contribution in [2.45, 2.75) is 27.7 Å². The number of aryl methyl sites for hydroxylation is 4. The molecule has 0 unspecified atom stereocenters. The lowest BCUT2D eigenvalue weighted by molar-refractivity contribution is 0.487. The monoisotopic (exact) mass is 743 g/mol. The molecule has 0 bridgehead atoms. The van der Waals surface area contributed by atoms with E-state index in [9.17, 15) is 0 Å². The minimum Gasteiger partial charge on any atom is -0.458 e. The maximum Gasteiger partial charge on any atom is 0.333 e. The van der Waals surface area contributed by atoms with E-state index in [1.54, 1.807) is 0 Å². The van der Waals surface area contributed by atoms with Crippen LogP contribution in [0.15, 0.2) is 164 Å². The summed E-state index contributed by atoms with van der Waals surface area (Å²) in [5, 5.41) is 0. The van der Waals surface area contributed by atoms with Crippen LogP contribution < -0.4 is 46.7 Å². The SMILES string of the molecule is Cc1ccc(N(c2ccc(C)cc2)c2ccc3c(c2)N(c2ccccc2)B2c4ccccc4N4c5cc(C)ccc5B5c6ccc(C)cc6Oc6cc-3c2c4c65)cc1. The number of rotatable bonds is 4. The maximum atomic E-state index is 7.08. The van der Waals surface area contributed by atoms with Crippen LogP contribution >= 0.6 is 0 Å². The fourth-order valence-electron chi connectivity index (χ4n) is 10.1. The van der Waals surface area contributed by atoms with Crippen molar-refractivity contribution in [1.29, 1.82) is 0 Å². The molecule has 0 spiro atoms. The Hall–Kier alpha value is -6.91. The normalized spacial score (nSPS) is 13.5. The van der Waals surface area contributed by atoms with Gasteiger partial charge >= 0.3 is 6.85 Å². The fourth-order valence-corrected chi connectivity index (χ4v) is 10.1. The van der Waals surface area contributed by atoms with Crippen LogP contribution in [0.2, 0.25) is 0 Å². The van der Waals surface area contributed by atoms with Crippen LogP contribution in [-0.2, 0) is 0 Å². The first kappa shape index (κ1) is 33.3. The summed E-state index contributed by atoms with van der Waals surface area (Å²) in [6, 6.07) is 60.9. The van der Waals surface area contributed by atoms with Gasteiger partial charge in [-0.05, 0) is 144 Å². The molecule has 0 radical (unpaired) electrons. The number of anilines is 8. The quantitative estimate of drug-likeness (QED) is 0.167. The molecule has 0 fully saturated rings. The number of fused-ring (bicyclic) bond motifs is 10. The van der Waals surface area contributed by atoms with E-state index in [-0.39, 0.29) is 13.6 Å². The number of nitrogens with zero attached hydrogens (tertiary/aromatic N) is 3. The molecule has 4 heterocycles. The highest BCUT2D eigenvalue weighted by Gasteiger charge is 2.51. The molecule has 6 heteroatoms. The molecule has 0 amide bonds. The summed E-state index contributed by atoms with van der Waals surface area (Å²) in [6.45, 7) is 8.61. The van der Waals surface area contributed by atoms with E-state index in [4.69, 9.17) is 4.74 Å². The van der Waals surface area contributed by atoms with E-state index in [0.717, 1.165) is 39.9 Å². The molecular weight excluding hydrogens is 704 g/mol. The Morgan fingerprint density at radius 3 is 1.83 bits per heavy atom. The van der Waals surface area contributed by atoms with Crippen molar-refractivity contribution in [2.75, 3.05) is 14.6 Å². The van der Waals surface area contributed by atoms with Gasteiger partial charge in [0.05, 0.1) is 0 Å². The van der Waals surface area contributed by atoms with Gasteiger partial charge in [-0.2, -0.15) is 0 Å². The third-order valence-electron chi connectivity index (χ3n) is 12.7. The number of para-hydroxylation sites is 2. The highest BCUT2D eigenvalue weighted by atomic mass is 16.5. The molecule has 0 atom stereocenters. The second kappa shape index (κ2) is 12.3. The topological polar surface area (TPSA) is 19.0 Å². The van der Waals surface area contributed by atoms with Crippen LogP contribution in [0.1, 0.15) is 22.3 Å². The lowest BCUT2D eigenvalue weighted by Gasteiger charge is -2.50. The first-order chi connectivity index (χ1) is 28.4. The van der Waals surface area contributed by atoms with Gasteiger partial charge in [-0.15, -0.1) is 0 Å². The molecule has 0 aliphatic carbocycles. The standard InChI is InChI=1S/C52H39B2N3O/c1-32-14-20-36(21-15-32)55(37-22-16-33(2)17-23-37)39-24-25-40-41-31-49-51-52-50(41)54(57(46(40)30-39)38-10-6-5-7-11-38)43-12-8-9-13-45(43)56(52)47-28-34(3)18-26-42(47)53(51)44-27-19-35(4)29-48(44)58-49/h5-31H,1-4H3. The van der Waals surface area contributed by atoms with Crippen LogP contribution in [0.5, 0.6) is 11.5 Å². The number of ether oxygens (including phenoxy) is 1. The molecule has 4 nitrogen and oxygen atoms in total. The zero-order valence-corrected chi connectivity index (χ0v) is 33.0.